The lowest BCUT2D eigenvalue weighted by Gasteiger charge is -2.11. The molecular weight excluding hydrogens is 240 g/mol. The van der Waals surface area contributed by atoms with Crippen molar-refractivity contribution in [1.29, 1.82) is 0 Å². The van der Waals surface area contributed by atoms with E-state index in [4.69, 9.17) is 0 Å². The number of hydrogen-bond donors (Lipinski definition) is 0. The molecule has 0 bridgehead atoms. The Balaban J connectivity index is 2.76. The van der Waals surface area contributed by atoms with E-state index in [1.54, 1.807) is 0 Å². The van der Waals surface area contributed by atoms with Crippen LogP contribution < -0.4 is 0 Å². The van der Waals surface area contributed by atoms with Crippen LogP contribution in [0.3, 0.4) is 0 Å². The van der Waals surface area contributed by atoms with Gasteiger partial charge in [-0.05, 0) is 34.2 Å². The Morgan fingerprint density at radius 1 is 1.36 bits per heavy atom. The van der Waals surface area contributed by atoms with Gasteiger partial charge in [-0.25, -0.2) is 0 Å². The van der Waals surface area contributed by atoms with Gasteiger partial charge in [0.05, 0.1) is 10.2 Å². The monoisotopic (exact) mass is 257 g/mol. The first-order valence-corrected chi connectivity index (χ1v) is 5.95. The first kappa shape index (κ1) is 11.8. The van der Waals surface area contributed by atoms with E-state index in [0.717, 1.165) is 16.9 Å². The fraction of sp³-hybridized carbons (Fsp3) is 0.727. The summed E-state index contributed by atoms with van der Waals surface area (Å²) in [5, 5.41) is 4.25. The van der Waals surface area contributed by atoms with Gasteiger partial charge in [0, 0.05) is 6.54 Å². The molecular formula is C11H18BrN2. The highest BCUT2D eigenvalue weighted by Gasteiger charge is 2.12. The van der Waals surface area contributed by atoms with Crippen molar-refractivity contribution in [1.82, 2.24) is 9.78 Å². The van der Waals surface area contributed by atoms with E-state index in [0.29, 0.717) is 5.92 Å². The van der Waals surface area contributed by atoms with Gasteiger partial charge in [-0.2, -0.15) is 5.10 Å². The van der Waals surface area contributed by atoms with Crippen LogP contribution in [0.5, 0.6) is 0 Å². The quantitative estimate of drug-likeness (QED) is 0.806. The Morgan fingerprint density at radius 3 is 2.50 bits per heavy atom. The molecule has 0 fully saturated rings. The summed E-state index contributed by atoms with van der Waals surface area (Å²) in [4.78, 5) is 0. The second-order valence-corrected chi connectivity index (χ2v) is 5.16. The van der Waals surface area contributed by atoms with Crippen LogP contribution in [-0.2, 0) is 6.54 Å². The largest absolute Gasteiger partial charge is 0.267 e. The molecule has 0 aliphatic rings. The van der Waals surface area contributed by atoms with E-state index in [-0.39, 0.29) is 0 Å². The molecule has 0 saturated heterocycles. The third kappa shape index (κ3) is 2.84. The molecule has 0 amide bonds. The van der Waals surface area contributed by atoms with Crippen molar-refractivity contribution >= 4 is 15.9 Å². The average molecular weight is 258 g/mol. The maximum Gasteiger partial charge on any atom is 0.128 e. The summed E-state index contributed by atoms with van der Waals surface area (Å²) in [7, 11) is 0. The van der Waals surface area contributed by atoms with Gasteiger partial charge in [-0.1, -0.05) is 27.7 Å². The highest BCUT2D eigenvalue weighted by Crippen LogP contribution is 2.24. The zero-order chi connectivity index (χ0) is 10.7. The predicted octanol–water partition coefficient (Wildman–Crippen LogP) is 3.62. The normalized spacial score (nSPS) is 11.6. The van der Waals surface area contributed by atoms with Gasteiger partial charge < -0.3 is 0 Å². The van der Waals surface area contributed by atoms with Crippen LogP contribution in [0.4, 0.5) is 0 Å². The predicted molar refractivity (Wildman–Crippen MR) is 62.3 cm³/mol. The lowest BCUT2D eigenvalue weighted by Crippen LogP contribution is -2.08. The van der Waals surface area contributed by atoms with E-state index in [1.807, 2.05) is 0 Å². The Kier molecular flexibility index (Phi) is 4.17. The van der Waals surface area contributed by atoms with Crippen LogP contribution in [0.15, 0.2) is 4.47 Å². The molecule has 0 aliphatic carbocycles. The minimum atomic E-state index is 0.496. The van der Waals surface area contributed by atoms with Crippen LogP contribution in [0.25, 0.3) is 0 Å². The molecule has 3 heteroatoms. The number of aryl methyl sites for hydroxylation is 1. The number of aromatic nitrogens is 2. The molecule has 0 atom stereocenters. The topological polar surface area (TPSA) is 17.8 Å². The Hall–Kier alpha value is -0.310. The molecule has 79 valence electrons. The van der Waals surface area contributed by atoms with E-state index >= 15 is 0 Å². The molecule has 2 nitrogen and oxygen atoms in total. The molecule has 0 spiro atoms. The van der Waals surface area contributed by atoms with Crippen molar-refractivity contribution in [2.75, 3.05) is 0 Å². The van der Waals surface area contributed by atoms with E-state index < -0.39 is 0 Å². The van der Waals surface area contributed by atoms with E-state index in [1.165, 1.54) is 12.1 Å². The van der Waals surface area contributed by atoms with Gasteiger partial charge in [-0.3, -0.25) is 4.68 Å². The van der Waals surface area contributed by atoms with Gasteiger partial charge in [-0.15, -0.1) is 0 Å². The fourth-order valence-corrected chi connectivity index (χ4v) is 2.17. The second-order valence-electron chi connectivity index (χ2n) is 4.37. The van der Waals surface area contributed by atoms with Gasteiger partial charge in [0.1, 0.15) is 6.20 Å². The lowest BCUT2D eigenvalue weighted by molar-refractivity contribution is 0.469. The van der Waals surface area contributed by atoms with Crippen LogP contribution in [0.1, 0.15) is 45.7 Å². The Labute approximate surface area is 94.8 Å². The third-order valence-electron chi connectivity index (χ3n) is 2.24. The lowest BCUT2D eigenvalue weighted by atomic mass is 10.1. The molecule has 1 radical (unpaired) electrons. The molecule has 1 aromatic heterocycles. The maximum atomic E-state index is 4.25. The fourth-order valence-electron chi connectivity index (χ4n) is 1.43. The summed E-state index contributed by atoms with van der Waals surface area (Å²) < 4.78 is 3.07. The number of rotatable bonds is 4. The van der Waals surface area contributed by atoms with Crippen molar-refractivity contribution in [3.63, 3.8) is 0 Å². The number of nitrogens with zero attached hydrogens (tertiary/aromatic N) is 2. The zero-order valence-electron chi connectivity index (χ0n) is 9.34. The highest BCUT2D eigenvalue weighted by atomic mass is 79.9. The molecule has 0 unspecified atom stereocenters. The summed E-state index contributed by atoms with van der Waals surface area (Å²) in [6.45, 7) is 9.82. The molecule has 0 aromatic carbocycles. The van der Waals surface area contributed by atoms with Crippen LogP contribution >= 0.6 is 15.9 Å². The second kappa shape index (κ2) is 4.96. The Morgan fingerprint density at radius 2 is 2.00 bits per heavy atom. The van der Waals surface area contributed by atoms with Crippen LogP contribution in [-0.4, -0.2) is 9.78 Å². The molecule has 1 heterocycles. The average Bonchev–Trinajstić information content (AvgIpc) is 2.43. The van der Waals surface area contributed by atoms with Crippen LogP contribution in [0, 0.1) is 12.1 Å². The first-order chi connectivity index (χ1) is 6.52. The molecule has 0 N–H and O–H groups in total. The maximum absolute atomic E-state index is 4.25. The summed E-state index contributed by atoms with van der Waals surface area (Å²) in [6, 6.07) is 0. The number of hydrogen-bond acceptors (Lipinski definition) is 1. The summed E-state index contributed by atoms with van der Waals surface area (Å²) in [5.74, 6) is 1.22. The number of halogens is 1. The van der Waals surface area contributed by atoms with Crippen LogP contribution in [0.2, 0.25) is 0 Å². The summed E-state index contributed by atoms with van der Waals surface area (Å²) in [6.07, 6.45) is 4.14. The van der Waals surface area contributed by atoms with Crippen molar-refractivity contribution < 1.29 is 0 Å². The van der Waals surface area contributed by atoms with Gasteiger partial charge >= 0.3 is 0 Å². The standard InChI is InChI=1S/C11H18BrN2/c1-8(2)5-6-14-11(9(3)4)10(12)7-13-14/h8-9H,5-6H2,1-4H3. The van der Waals surface area contributed by atoms with Gasteiger partial charge in [0.25, 0.3) is 0 Å². The summed E-state index contributed by atoms with van der Waals surface area (Å²) in [5.41, 5.74) is 1.26. The molecule has 1 aromatic rings. The molecule has 14 heavy (non-hydrogen) atoms. The minimum Gasteiger partial charge on any atom is -0.267 e. The van der Waals surface area contributed by atoms with Crippen molar-refractivity contribution in [3.8, 4) is 0 Å². The molecule has 0 saturated carbocycles. The van der Waals surface area contributed by atoms with Gasteiger partial charge in [0.2, 0.25) is 0 Å². The summed E-state index contributed by atoms with van der Waals surface area (Å²) >= 11 is 3.49. The molecule has 0 aliphatic heterocycles. The third-order valence-corrected chi connectivity index (χ3v) is 2.82. The van der Waals surface area contributed by atoms with E-state index in [9.17, 15) is 0 Å². The molecule has 1 rings (SSSR count). The highest BCUT2D eigenvalue weighted by molar-refractivity contribution is 9.10. The minimum absolute atomic E-state index is 0.496. The van der Waals surface area contributed by atoms with Gasteiger partial charge in [0.15, 0.2) is 0 Å². The van der Waals surface area contributed by atoms with Crippen molar-refractivity contribution in [3.05, 3.63) is 16.4 Å². The zero-order valence-corrected chi connectivity index (χ0v) is 10.9. The first-order valence-electron chi connectivity index (χ1n) is 5.16. The Bertz CT molecular complexity index is 289. The van der Waals surface area contributed by atoms with E-state index in [2.05, 4.69) is 59.6 Å². The smallest absolute Gasteiger partial charge is 0.128 e. The van der Waals surface area contributed by atoms with Crippen molar-refractivity contribution in [2.45, 2.75) is 46.6 Å². The van der Waals surface area contributed by atoms with Crippen molar-refractivity contribution in [2.24, 2.45) is 5.92 Å². The SMILES string of the molecule is CC(C)CCn1n[c]c(Br)c1C(C)C.